The van der Waals surface area contributed by atoms with Gasteiger partial charge < -0.3 is 0 Å². The largest absolute Gasteiger partial charge is 0.206 e. The van der Waals surface area contributed by atoms with Gasteiger partial charge in [0, 0.05) is 16.7 Å². The van der Waals surface area contributed by atoms with Crippen LogP contribution in [-0.2, 0) is 6.42 Å². The van der Waals surface area contributed by atoms with Gasteiger partial charge in [0.05, 0.1) is 5.56 Å². The molecule has 0 amide bonds. The van der Waals surface area contributed by atoms with E-state index < -0.39 is 17.5 Å². The van der Waals surface area contributed by atoms with Crippen molar-refractivity contribution in [2.75, 3.05) is 0 Å². The molecule has 0 aliphatic rings. The summed E-state index contributed by atoms with van der Waals surface area (Å²) in [6.45, 7) is 2.01. The third-order valence-electron chi connectivity index (χ3n) is 5.33. The van der Waals surface area contributed by atoms with Gasteiger partial charge in [0.2, 0.25) is 0 Å². The van der Waals surface area contributed by atoms with Gasteiger partial charge in [-0.25, -0.2) is 13.2 Å². The van der Waals surface area contributed by atoms with Crippen molar-refractivity contribution in [2.24, 2.45) is 0 Å². The number of halogens is 3. The maximum absolute atomic E-state index is 14.6. The van der Waals surface area contributed by atoms with Gasteiger partial charge in [-0.2, -0.15) is 0 Å². The monoisotopic (exact) mass is 450 g/mol. The fraction of sp³-hybridized carbons (Fsp3) is 0.0968. The molecule has 0 atom stereocenters. The molecule has 0 nitrogen and oxygen atoms in total. The van der Waals surface area contributed by atoms with Crippen LogP contribution in [0.1, 0.15) is 41.2 Å². The maximum Gasteiger partial charge on any atom is 0.159 e. The van der Waals surface area contributed by atoms with Crippen molar-refractivity contribution in [3.05, 3.63) is 130 Å². The van der Waals surface area contributed by atoms with Gasteiger partial charge in [-0.05, 0) is 90.7 Å². The van der Waals surface area contributed by atoms with Crippen LogP contribution in [0.15, 0.2) is 84.9 Å². The average molecular weight is 451 g/mol. The summed E-state index contributed by atoms with van der Waals surface area (Å²) in [6, 6.07) is 20.0. The maximum atomic E-state index is 14.6. The van der Waals surface area contributed by atoms with Gasteiger partial charge in [0.1, 0.15) is 5.82 Å². The Morgan fingerprint density at radius 2 is 1.24 bits per heavy atom. The van der Waals surface area contributed by atoms with E-state index in [4.69, 9.17) is 0 Å². The number of hydrogen-bond donors (Lipinski definition) is 0. The molecule has 0 bridgehead atoms. The highest BCUT2D eigenvalue weighted by molar-refractivity contribution is 5.84. The van der Waals surface area contributed by atoms with Crippen LogP contribution in [0.4, 0.5) is 13.2 Å². The molecule has 4 rings (SSSR count). The number of benzene rings is 4. The lowest BCUT2D eigenvalue weighted by atomic mass is 10.1. The summed E-state index contributed by atoms with van der Waals surface area (Å²) in [7, 11) is 0. The predicted molar refractivity (Wildman–Crippen MR) is 132 cm³/mol. The van der Waals surface area contributed by atoms with Gasteiger partial charge >= 0.3 is 0 Å². The molecule has 34 heavy (non-hydrogen) atoms. The van der Waals surface area contributed by atoms with Crippen molar-refractivity contribution in [3.8, 4) is 23.7 Å². The average Bonchev–Trinajstić information content (AvgIpc) is 2.84. The van der Waals surface area contributed by atoms with Gasteiger partial charge in [-0.1, -0.05) is 54.0 Å². The molecule has 0 aliphatic heterocycles. The Morgan fingerprint density at radius 3 is 1.97 bits per heavy atom. The van der Waals surface area contributed by atoms with Crippen molar-refractivity contribution in [2.45, 2.75) is 19.8 Å². The van der Waals surface area contributed by atoms with Crippen molar-refractivity contribution in [1.29, 1.82) is 0 Å². The zero-order chi connectivity index (χ0) is 23.9. The Balaban J connectivity index is 1.48. The molecule has 0 unspecified atom stereocenters. The van der Waals surface area contributed by atoms with E-state index in [-0.39, 0.29) is 5.56 Å². The molecule has 0 spiro atoms. The Bertz CT molecular complexity index is 1490. The summed E-state index contributed by atoms with van der Waals surface area (Å²) >= 11 is 0. The first-order valence-electron chi connectivity index (χ1n) is 10.9. The molecule has 0 N–H and O–H groups in total. The highest BCUT2D eigenvalue weighted by Crippen LogP contribution is 2.20. The quantitative estimate of drug-likeness (QED) is 0.223. The molecule has 166 valence electrons. The van der Waals surface area contributed by atoms with Crippen LogP contribution in [0.25, 0.3) is 10.8 Å². The van der Waals surface area contributed by atoms with Crippen LogP contribution < -0.4 is 0 Å². The summed E-state index contributed by atoms with van der Waals surface area (Å²) in [4.78, 5) is 0. The Kier molecular flexibility index (Phi) is 7.16. The molecule has 0 radical (unpaired) electrons. The van der Waals surface area contributed by atoms with E-state index in [0.29, 0.717) is 21.9 Å². The molecular weight excluding hydrogens is 429 g/mol. The molecule has 0 saturated heterocycles. The van der Waals surface area contributed by atoms with Gasteiger partial charge in [-0.15, -0.1) is 0 Å². The zero-order valence-electron chi connectivity index (χ0n) is 18.6. The van der Waals surface area contributed by atoms with Gasteiger partial charge in [-0.3, -0.25) is 0 Å². The summed E-state index contributed by atoms with van der Waals surface area (Å²) < 4.78 is 41.4. The van der Waals surface area contributed by atoms with E-state index in [1.54, 1.807) is 30.3 Å². The first-order valence-corrected chi connectivity index (χ1v) is 10.9. The Morgan fingerprint density at radius 1 is 0.618 bits per heavy atom. The van der Waals surface area contributed by atoms with E-state index in [2.05, 4.69) is 41.9 Å². The highest BCUT2D eigenvalue weighted by Gasteiger charge is 2.04. The lowest BCUT2D eigenvalue weighted by Gasteiger charge is -2.00. The molecule has 0 aromatic heterocycles. The van der Waals surface area contributed by atoms with Gasteiger partial charge in [0.15, 0.2) is 11.6 Å². The minimum Gasteiger partial charge on any atom is -0.206 e. The molecule has 3 heteroatoms. The second kappa shape index (κ2) is 10.6. The second-order valence-electron chi connectivity index (χ2n) is 7.83. The van der Waals surface area contributed by atoms with Crippen LogP contribution in [0, 0.1) is 41.1 Å². The molecule has 0 aliphatic carbocycles. The van der Waals surface area contributed by atoms with Crippen molar-refractivity contribution < 1.29 is 13.2 Å². The molecule has 4 aromatic rings. The van der Waals surface area contributed by atoms with Crippen LogP contribution in [0.3, 0.4) is 0 Å². The minimum absolute atomic E-state index is 0.237. The number of rotatable bonds is 3. The number of hydrogen-bond acceptors (Lipinski definition) is 0. The van der Waals surface area contributed by atoms with E-state index in [0.717, 1.165) is 30.5 Å². The fourth-order valence-electron chi connectivity index (χ4n) is 3.47. The number of aryl methyl sites for hydroxylation is 1. The zero-order valence-corrected chi connectivity index (χ0v) is 18.6. The van der Waals surface area contributed by atoms with E-state index in [9.17, 15) is 13.2 Å². The Labute approximate surface area is 197 Å². The SMILES string of the molecule is C/C=C/CCc1ccc(C#Cc2ccc(C#Cc3ccc4cc(F)c(F)cc4c3)c(F)c2)cc1. The van der Waals surface area contributed by atoms with Gasteiger partial charge in [0.25, 0.3) is 0 Å². The summed E-state index contributed by atoms with van der Waals surface area (Å²) in [5.74, 6) is 9.46. The Hall–Kier alpha value is -4.21. The molecular formula is C31H21F3. The van der Waals surface area contributed by atoms with E-state index in [1.807, 2.05) is 25.1 Å². The summed E-state index contributed by atoms with van der Waals surface area (Å²) in [5, 5.41) is 1.10. The molecule has 0 fully saturated rings. The molecule has 0 heterocycles. The summed E-state index contributed by atoms with van der Waals surface area (Å²) in [6.07, 6.45) is 6.18. The van der Waals surface area contributed by atoms with E-state index in [1.165, 1.54) is 11.6 Å². The summed E-state index contributed by atoms with van der Waals surface area (Å²) in [5.41, 5.74) is 3.49. The molecule has 4 aromatic carbocycles. The van der Waals surface area contributed by atoms with Crippen LogP contribution in [-0.4, -0.2) is 0 Å². The first kappa shape index (κ1) is 23.0. The van der Waals surface area contributed by atoms with Crippen molar-refractivity contribution >= 4 is 10.8 Å². The smallest absolute Gasteiger partial charge is 0.159 e. The van der Waals surface area contributed by atoms with E-state index >= 15 is 0 Å². The number of allylic oxidation sites excluding steroid dienone is 2. The standard InChI is InChI=1S/C31H21F3/c1-2-3-4-5-22-6-8-23(9-7-22)10-11-25-13-16-26(29(32)19-25)15-12-24-14-17-27-20-30(33)31(34)21-28(27)18-24/h2-3,6-9,13-14,16-21H,4-5H2,1H3/b3-2+. The van der Waals surface area contributed by atoms with Crippen molar-refractivity contribution in [1.82, 2.24) is 0 Å². The van der Waals surface area contributed by atoms with Crippen LogP contribution in [0.5, 0.6) is 0 Å². The minimum atomic E-state index is -0.916. The predicted octanol–water partition coefficient (Wildman–Crippen LogP) is 7.57. The highest BCUT2D eigenvalue weighted by atomic mass is 19.2. The normalized spacial score (nSPS) is 10.6. The molecule has 0 saturated carbocycles. The van der Waals surface area contributed by atoms with Crippen molar-refractivity contribution in [3.63, 3.8) is 0 Å². The number of fused-ring (bicyclic) bond motifs is 1. The van der Waals surface area contributed by atoms with Crippen LogP contribution >= 0.6 is 0 Å². The van der Waals surface area contributed by atoms with Crippen LogP contribution in [0.2, 0.25) is 0 Å². The third-order valence-corrected chi connectivity index (χ3v) is 5.33. The lowest BCUT2D eigenvalue weighted by Crippen LogP contribution is -1.87. The fourth-order valence-corrected chi connectivity index (χ4v) is 3.47. The lowest BCUT2D eigenvalue weighted by molar-refractivity contribution is 0.511. The third kappa shape index (κ3) is 5.77. The topological polar surface area (TPSA) is 0 Å². The first-order chi connectivity index (χ1) is 16.5. The second-order valence-corrected chi connectivity index (χ2v) is 7.83.